The van der Waals surface area contributed by atoms with Crippen molar-refractivity contribution in [1.29, 1.82) is 0 Å². The number of rotatable bonds is 5. The summed E-state index contributed by atoms with van der Waals surface area (Å²) < 4.78 is 11.0. The third-order valence-electron chi connectivity index (χ3n) is 5.31. The van der Waals surface area contributed by atoms with E-state index in [-0.39, 0.29) is 6.79 Å². The van der Waals surface area contributed by atoms with Crippen LogP contribution in [0.25, 0.3) is 10.9 Å². The number of nitrogens with zero attached hydrogens (tertiary/aromatic N) is 2. The Bertz CT molecular complexity index is 797. The molecule has 1 aliphatic heterocycles. The van der Waals surface area contributed by atoms with E-state index in [2.05, 4.69) is 36.7 Å². The zero-order valence-corrected chi connectivity index (χ0v) is 14.9. The van der Waals surface area contributed by atoms with Gasteiger partial charge in [-0.25, -0.2) is 0 Å². The van der Waals surface area contributed by atoms with Crippen molar-refractivity contribution in [2.75, 3.05) is 12.2 Å². The molecule has 5 nitrogen and oxygen atoms in total. The number of pyridine rings is 1. The number of anilines is 1. The third kappa shape index (κ3) is 3.28. The van der Waals surface area contributed by atoms with Crippen LogP contribution in [0.3, 0.4) is 0 Å². The summed E-state index contributed by atoms with van der Waals surface area (Å²) in [4.78, 5) is 4.84. The molecular formula is C20H25N3O2. The van der Waals surface area contributed by atoms with Gasteiger partial charge in [-0.15, -0.1) is 0 Å². The molecule has 0 bridgehead atoms. The molecule has 1 unspecified atom stereocenters. The second-order valence-electron chi connectivity index (χ2n) is 7.06. The molecule has 25 heavy (non-hydrogen) atoms. The molecule has 1 N–H and O–H groups in total. The minimum absolute atomic E-state index is 0.270. The molecule has 1 aliphatic carbocycles. The van der Waals surface area contributed by atoms with Gasteiger partial charge in [0.15, 0.2) is 11.5 Å². The van der Waals surface area contributed by atoms with E-state index in [1.807, 2.05) is 12.1 Å². The molecule has 4 rings (SSSR count). The number of hydrazone groups is 1. The highest BCUT2D eigenvalue weighted by molar-refractivity contribution is 5.94. The average Bonchev–Trinajstić information content (AvgIpc) is 3.30. The first-order valence-corrected chi connectivity index (χ1v) is 9.28. The van der Waals surface area contributed by atoms with E-state index < -0.39 is 0 Å². The Morgan fingerprint density at radius 2 is 2.00 bits per heavy atom. The molecule has 0 spiro atoms. The lowest BCUT2D eigenvalue weighted by atomic mass is 10.0. The van der Waals surface area contributed by atoms with E-state index >= 15 is 0 Å². The van der Waals surface area contributed by atoms with E-state index in [9.17, 15) is 0 Å². The van der Waals surface area contributed by atoms with Gasteiger partial charge in [-0.2, -0.15) is 5.10 Å². The SMILES string of the molecule is CCC(C)c1cc(N/N=C/C2CCCC2)c2cc3c(cc2n1)OCO3. The molecule has 0 radical (unpaired) electrons. The Morgan fingerprint density at radius 1 is 1.24 bits per heavy atom. The number of ether oxygens (including phenoxy) is 2. The maximum absolute atomic E-state index is 5.53. The second-order valence-corrected chi connectivity index (χ2v) is 7.06. The fraction of sp³-hybridized carbons (Fsp3) is 0.500. The minimum Gasteiger partial charge on any atom is -0.454 e. The van der Waals surface area contributed by atoms with Gasteiger partial charge in [-0.05, 0) is 43.2 Å². The Morgan fingerprint density at radius 3 is 2.76 bits per heavy atom. The Labute approximate surface area is 148 Å². The molecule has 132 valence electrons. The molecule has 5 heteroatoms. The first-order chi connectivity index (χ1) is 12.2. The highest BCUT2D eigenvalue weighted by Gasteiger charge is 2.18. The van der Waals surface area contributed by atoms with Crippen LogP contribution in [0.2, 0.25) is 0 Å². The van der Waals surface area contributed by atoms with Crippen molar-refractivity contribution in [3.05, 3.63) is 23.9 Å². The van der Waals surface area contributed by atoms with Crippen LogP contribution in [0.15, 0.2) is 23.3 Å². The maximum atomic E-state index is 5.53. The van der Waals surface area contributed by atoms with Crippen molar-refractivity contribution in [3.8, 4) is 11.5 Å². The van der Waals surface area contributed by atoms with Crippen LogP contribution in [-0.2, 0) is 0 Å². The summed E-state index contributed by atoms with van der Waals surface area (Å²) >= 11 is 0. The summed E-state index contributed by atoms with van der Waals surface area (Å²) in [5.74, 6) is 2.54. The van der Waals surface area contributed by atoms with Crippen molar-refractivity contribution in [2.24, 2.45) is 11.0 Å². The van der Waals surface area contributed by atoms with Gasteiger partial charge < -0.3 is 9.47 Å². The van der Waals surface area contributed by atoms with Crippen LogP contribution >= 0.6 is 0 Å². The van der Waals surface area contributed by atoms with E-state index in [4.69, 9.17) is 14.5 Å². The number of benzene rings is 1. The van der Waals surface area contributed by atoms with E-state index in [1.165, 1.54) is 25.7 Å². The Hall–Kier alpha value is -2.30. The van der Waals surface area contributed by atoms with E-state index in [1.54, 1.807) is 0 Å². The predicted octanol–water partition coefficient (Wildman–Crippen LogP) is 5.06. The number of aromatic nitrogens is 1. The van der Waals surface area contributed by atoms with Gasteiger partial charge in [-0.1, -0.05) is 26.7 Å². The molecule has 1 aromatic heterocycles. The van der Waals surface area contributed by atoms with E-state index in [0.29, 0.717) is 11.8 Å². The summed E-state index contributed by atoms with van der Waals surface area (Å²) in [6, 6.07) is 6.08. The normalized spacial score (nSPS) is 18.3. The number of fused-ring (bicyclic) bond motifs is 2. The minimum atomic E-state index is 0.270. The lowest BCUT2D eigenvalue weighted by molar-refractivity contribution is 0.174. The highest BCUT2D eigenvalue weighted by Crippen LogP contribution is 2.39. The van der Waals surface area contributed by atoms with Gasteiger partial charge in [0.05, 0.1) is 11.2 Å². The summed E-state index contributed by atoms with van der Waals surface area (Å²) in [6.45, 7) is 4.65. The van der Waals surface area contributed by atoms with Gasteiger partial charge >= 0.3 is 0 Å². The van der Waals surface area contributed by atoms with Gasteiger partial charge in [0, 0.05) is 23.4 Å². The monoisotopic (exact) mass is 339 g/mol. The van der Waals surface area contributed by atoms with E-state index in [0.717, 1.165) is 40.2 Å². The summed E-state index contributed by atoms with van der Waals surface area (Å²) in [6.07, 6.45) is 8.24. The Kier molecular flexibility index (Phi) is 4.47. The number of nitrogens with one attached hydrogen (secondary N) is 1. The number of hydrogen-bond donors (Lipinski definition) is 1. The third-order valence-corrected chi connectivity index (χ3v) is 5.31. The fourth-order valence-corrected chi connectivity index (χ4v) is 3.51. The van der Waals surface area contributed by atoms with Gasteiger partial charge in [0.2, 0.25) is 6.79 Å². The average molecular weight is 339 g/mol. The molecule has 2 aliphatic rings. The molecule has 2 aromatic rings. The van der Waals surface area contributed by atoms with Crippen molar-refractivity contribution < 1.29 is 9.47 Å². The van der Waals surface area contributed by atoms with Crippen molar-refractivity contribution in [3.63, 3.8) is 0 Å². The predicted molar refractivity (Wildman–Crippen MR) is 101 cm³/mol. The van der Waals surface area contributed by atoms with Crippen LogP contribution in [-0.4, -0.2) is 18.0 Å². The van der Waals surface area contributed by atoms with Gasteiger partial charge in [-0.3, -0.25) is 10.4 Å². The van der Waals surface area contributed by atoms with Crippen LogP contribution in [0.1, 0.15) is 57.6 Å². The second kappa shape index (κ2) is 6.90. The molecule has 1 saturated carbocycles. The molecule has 0 amide bonds. The molecule has 1 fully saturated rings. The summed E-state index contributed by atoms with van der Waals surface area (Å²) in [5, 5.41) is 5.53. The molecule has 2 heterocycles. The lowest BCUT2D eigenvalue weighted by Crippen LogP contribution is -2.01. The van der Waals surface area contributed by atoms with Crippen molar-refractivity contribution in [1.82, 2.24) is 4.98 Å². The van der Waals surface area contributed by atoms with Crippen LogP contribution in [0.5, 0.6) is 11.5 Å². The van der Waals surface area contributed by atoms with Gasteiger partial charge in [0.1, 0.15) is 0 Å². The maximum Gasteiger partial charge on any atom is 0.231 e. The van der Waals surface area contributed by atoms with Gasteiger partial charge in [0.25, 0.3) is 0 Å². The standard InChI is InChI=1S/C20H25N3O2/c1-3-13(2)16-9-18(23-21-11-14-6-4-5-7-14)15-8-19-20(25-12-24-19)10-17(15)22-16/h8-11,13-14H,3-7,12H2,1-2H3,(H,22,23)/b21-11+. The topological polar surface area (TPSA) is 55.7 Å². The van der Waals surface area contributed by atoms with Crippen molar-refractivity contribution >= 4 is 22.8 Å². The molecular weight excluding hydrogens is 314 g/mol. The van der Waals surface area contributed by atoms with Crippen LogP contribution in [0, 0.1) is 5.92 Å². The van der Waals surface area contributed by atoms with Crippen LogP contribution in [0.4, 0.5) is 5.69 Å². The largest absolute Gasteiger partial charge is 0.454 e. The first-order valence-electron chi connectivity index (χ1n) is 9.28. The number of hydrogen-bond acceptors (Lipinski definition) is 5. The zero-order valence-electron chi connectivity index (χ0n) is 14.9. The smallest absolute Gasteiger partial charge is 0.231 e. The lowest BCUT2D eigenvalue weighted by Gasteiger charge is -2.13. The Balaban J connectivity index is 1.71. The van der Waals surface area contributed by atoms with Crippen LogP contribution < -0.4 is 14.9 Å². The summed E-state index contributed by atoms with van der Waals surface area (Å²) in [7, 11) is 0. The zero-order chi connectivity index (χ0) is 17.2. The highest BCUT2D eigenvalue weighted by atomic mass is 16.7. The fourth-order valence-electron chi connectivity index (χ4n) is 3.51. The van der Waals surface area contributed by atoms with Crippen molar-refractivity contribution in [2.45, 2.75) is 51.9 Å². The molecule has 1 aromatic carbocycles. The first kappa shape index (κ1) is 16.2. The molecule has 0 saturated heterocycles. The quantitative estimate of drug-likeness (QED) is 0.611. The molecule has 1 atom stereocenters. The summed E-state index contributed by atoms with van der Waals surface area (Å²) in [5.41, 5.74) is 6.23.